The fourth-order valence-electron chi connectivity index (χ4n) is 0.250. The highest BCUT2D eigenvalue weighted by molar-refractivity contribution is 7.57. The van der Waals surface area contributed by atoms with Gasteiger partial charge in [0.1, 0.15) is 0 Å². The lowest BCUT2D eigenvalue weighted by molar-refractivity contribution is 0.605. The Bertz CT molecular complexity index is 43.0. The predicted octanol–water partition coefficient (Wildman–Crippen LogP) is 2.05. The maximum Gasteiger partial charge on any atom is 0.267 e. The van der Waals surface area contributed by atoms with Crippen molar-refractivity contribution in [1.29, 1.82) is 0 Å². The van der Waals surface area contributed by atoms with Gasteiger partial charge >= 0.3 is 0 Å². The highest BCUT2D eigenvalue weighted by atomic mass is 35.7. The SMILES string of the molecule is CCNCC.O=PCl. The van der Waals surface area contributed by atoms with Crippen molar-refractivity contribution in [3.05, 3.63) is 0 Å². The minimum absolute atomic E-state index is 0.361. The zero-order valence-electron chi connectivity index (χ0n) is 5.15. The van der Waals surface area contributed by atoms with Gasteiger partial charge in [-0.1, -0.05) is 13.8 Å². The Labute approximate surface area is 56.6 Å². The van der Waals surface area contributed by atoms with Crippen LogP contribution in [0.25, 0.3) is 0 Å². The lowest BCUT2D eigenvalue weighted by atomic mass is 10.7. The van der Waals surface area contributed by atoms with Crippen molar-refractivity contribution in [1.82, 2.24) is 5.32 Å². The summed E-state index contributed by atoms with van der Waals surface area (Å²) in [5.41, 5.74) is 0. The molecule has 2 nitrogen and oxygen atoms in total. The molecule has 0 unspecified atom stereocenters. The average molecular weight is 156 g/mol. The summed E-state index contributed by atoms with van der Waals surface area (Å²) < 4.78 is 8.67. The van der Waals surface area contributed by atoms with E-state index in [1.807, 2.05) is 0 Å². The summed E-state index contributed by atoms with van der Waals surface area (Å²) >= 11 is 4.42. The second-order valence-electron chi connectivity index (χ2n) is 1.03. The third-order valence-electron chi connectivity index (χ3n) is 0.500. The van der Waals surface area contributed by atoms with Gasteiger partial charge in [0, 0.05) is 0 Å². The monoisotopic (exact) mass is 155 g/mol. The number of hydrogen-bond donors (Lipinski definition) is 1. The van der Waals surface area contributed by atoms with Crippen LogP contribution in [0.5, 0.6) is 0 Å². The van der Waals surface area contributed by atoms with E-state index >= 15 is 0 Å². The van der Waals surface area contributed by atoms with Crippen molar-refractivity contribution < 1.29 is 4.57 Å². The molecule has 8 heavy (non-hydrogen) atoms. The zero-order valence-corrected chi connectivity index (χ0v) is 6.80. The molecule has 0 bridgehead atoms. The van der Waals surface area contributed by atoms with Crippen LogP contribution in [0.1, 0.15) is 13.8 Å². The van der Waals surface area contributed by atoms with Gasteiger partial charge in [0.25, 0.3) is 7.81 Å². The second-order valence-corrected chi connectivity index (χ2v) is 1.58. The fourth-order valence-corrected chi connectivity index (χ4v) is 0.250. The molecule has 0 saturated carbocycles. The Morgan fingerprint density at radius 1 is 1.50 bits per heavy atom. The van der Waals surface area contributed by atoms with Crippen molar-refractivity contribution in [2.75, 3.05) is 13.1 Å². The van der Waals surface area contributed by atoms with Gasteiger partial charge in [0.05, 0.1) is 0 Å². The molecule has 4 heteroatoms. The summed E-state index contributed by atoms with van der Waals surface area (Å²) in [5.74, 6) is 0. The van der Waals surface area contributed by atoms with Crippen LogP contribution in [0.2, 0.25) is 0 Å². The highest BCUT2D eigenvalue weighted by Gasteiger charge is 1.62. The smallest absolute Gasteiger partial charge is 0.267 e. The average Bonchev–Trinajstić information content (AvgIpc) is 1.71. The van der Waals surface area contributed by atoms with Crippen LogP contribution in [0, 0.1) is 0 Å². The summed E-state index contributed by atoms with van der Waals surface area (Å²) in [6, 6.07) is 0. The van der Waals surface area contributed by atoms with Gasteiger partial charge in [0.2, 0.25) is 0 Å². The molecule has 0 atom stereocenters. The molecule has 0 aliphatic carbocycles. The second kappa shape index (κ2) is 15.7. The Balaban J connectivity index is 0. The van der Waals surface area contributed by atoms with E-state index in [-0.39, 0.29) is 7.81 Å². The van der Waals surface area contributed by atoms with Crippen LogP contribution in [0.4, 0.5) is 0 Å². The van der Waals surface area contributed by atoms with Crippen LogP contribution in [0.3, 0.4) is 0 Å². The molecule has 0 saturated heterocycles. The van der Waals surface area contributed by atoms with Gasteiger partial charge < -0.3 is 5.32 Å². The normalized spacial score (nSPS) is 7.88. The van der Waals surface area contributed by atoms with Crippen molar-refractivity contribution in [2.24, 2.45) is 0 Å². The van der Waals surface area contributed by atoms with E-state index < -0.39 is 0 Å². The van der Waals surface area contributed by atoms with Crippen LogP contribution < -0.4 is 5.32 Å². The van der Waals surface area contributed by atoms with E-state index in [0.29, 0.717) is 0 Å². The molecule has 0 spiro atoms. The third-order valence-corrected chi connectivity index (χ3v) is 0.500. The maximum atomic E-state index is 8.67. The molecule has 0 heterocycles. The molecule has 0 aromatic carbocycles. The van der Waals surface area contributed by atoms with Gasteiger partial charge in [-0.2, -0.15) is 0 Å². The lowest BCUT2D eigenvalue weighted by Crippen LogP contribution is -2.09. The predicted molar refractivity (Wildman–Crippen MR) is 37.7 cm³/mol. The minimum atomic E-state index is -0.361. The quantitative estimate of drug-likeness (QED) is 0.619. The summed E-state index contributed by atoms with van der Waals surface area (Å²) in [7, 11) is -0.361. The molecule has 0 aliphatic heterocycles. The molecule has 0 rings (SSSR count). The number of hydrogen-bond acceptors (Lipinski definition) is 2. The highest BCUT2D eigenvalue weighted by Crippen LogP contribution is 1.92. The van der Waals surface area contributed by atoms with Crippen LogP contribution >= 0.6 is 19.1 Å². The first-order chi connectivity index (χ1) is 3.83. The van der Waals surface area contributed by atoms with E-state index in [9.17, 15) is 0 Å². The van der Waals surface area contributed by atoms with Crippen LogP contribution in [-0.2, 0) is 4.57 Å². The molecule has 0 aliphatic rings. The summed E-state index contributed by atoms with van der Waals surface area (Å²) in [6.45, 7) is 6.39. The molecule has 0 radical (unpaired) electrons. The standard InChI is InChI=1S/C4H11N.ClOP/c1-3-5-4-2;1-3-2/h5H,3-4H2,1-2H3;. The molecule has 50 valence electrons. The van der Waals surface area contributed by atoms with Crippen molar-refractivity contribution in [3.63, 3.8) is 0 Å². The van der Waals surface area contributed by atoms with E-state index in [1.54, 1.807) is 0 Å². The van der Waals surface area contributed by atoms with Gasteiger partial charge in [-0.05, 0) is 24.3 Å². The first-order valence-electron chi connectivity index (χ1n) is 2.47. The molecule has 0 fully saturated rings. The van der Waals surface area contributed by atoms with E-state index in [4.69, 9.17) is 4.57 Å². The van der Waals surface area contributed by atoms with E-state index in [2.05, 4.69) is 30.4 Å². The summed E-state index contributed by atoms with van der Waals surface area (Å²) in [6.07, 6.45) is 0. The molecular formula is C4H11ClNOP. The van der Waals surface area contributed by atoms with Crippen LogP contribution in [-0.4, -0.2) is 13.1 Å². The molecular weight excluding hydrogens is 144 g/mol. The van der Waals surface area contributed by atoms with Crippen molar-refractivity contribution in [3.8, 4) is 0 Å². The molecule has 1 N–H and O–H groups in total. The number of nitrogens with one attached hydrogen (secondary N) is 1. The Morgan fingerprint density at radius 3 is 1.75 bits per heavy atom. The Hall–Kier alpha value is 0.350. The third kappa shape index (κ3) is 32.9. The largest absolute Gasteiger partial charge is 0.317 e. The Kier molecular flexibility index (Phi) is 21.9. The van der Waals surface area contributed by atoms with E-state index in [1.165, 1.54) is 0 Å². The lowest BCUT2D eigenvalue weighted by Gasteiger charge is -1.86. The van der Waals surface area contributed by atoms with E-state index in [0.717, 1.165) is 13.1 Å². The topological polar surface area (TPSA) is 29.1 Å². The molecule has 0 aromatic heterocycles. The Morgan fingerprint density at radius 2 is 1.75 bits per heavy atom. The van der Waals surface area contributed by atoms with Gasteiger partial charge in [-0.3, -0.25) is 4.57 Å². The first-order valence-corrected chi connectivity index (χ1v) is 4.19. The van der Waals surface area contributed by atoms with Gasteiger partial charge in [-0.15, -0.1) is 0 Å². The summed E-state index contributed by atoms with van der Waals surface area (Å²) in [4.78, 5) is 0. The van der Waals surface area contributed by atoms with Crippen LogP contribution in [0.15, 0.2) is 0 Å². The number of rotatable bonds is 2. The van der Waals surface area contributed by atoms with Gasteiger partial charge in [-0.25, -0.2) is 0 Å². The fraction of sp³-hybridized carbons (Fsp3) is 1.00. The summed E-state index contributed by atoms with van der Waals surface area (Å²) in [5, 5.41) is 3.11. The van der Waals surface area contributed by atoms with Crippen molar-refractivity contribution >= 4 is 19.1 Å². The molecule has 0 aromatic rings. The number of halogens is 1. The van der Waals surface area contributed by atoms with Crippen molar-refractivity contribution in [2.45, 2.75) is 13.8 Å². The first kappa shape index (κ1) is 11.2. The zero-order chi connectivity index (χ0) is 6.83. The minimum Gasteiger partial charge on any atom is -0.317 e. The molecule has 0 amide bonds. The van der Waals surface area contributed by atoms with Gasteiger partial charge in [0.15, 0.2) is 0 Å². The maximum absolute atomic E-state index is 8.67.